The minimum absolute atomic E-state index is 0.0203. The highest BCUT2D eigenvalue weighted by atomic mass is 16.5. The van der Waals surface area contributed by atoms with E-state index >= 15 is 0 Å². The Morgan fingerprint density at radius 2 is 1.88 bits per heavy atom. The lowest BCUT2D eigenvalue weighted by atomic mass is 10.0. The van der Waals surface area contributed by atoms with Gasteiger partial charge in [0.1, 0.15) is 11.3 Å². The molecule has 1 N–H and O–H groups in total. The Morgan fingerprint density at radius 3 is 2.50 bits per heavy atom. The number of carbonyl (C=O) groups is 1. The van der Waals surface area contributed by atoms with Gasteiger partial charge in [0.05, 0.1) is 7.11 Å². The summed E-state index contributed by atoms with van der Waals surface area (Å²) in [6.45, 7) is 1.90. The van der Waals surface area contributed by atoms with E-state index in [0.29, 0.717) is 5.39 Å². The van der Waals surface area contributed by atoms with Gasteiger partial charge in [-0.1, -0.05) is 24.3 Å². The SMILES string of the molecule is COC(=O)c1cc(C)c2ccccc2c1O. The molecule has 3 heteroatoms. The number of aromatic hydroxyl groups is 1. The molecule has 16 heavy (non-hydrogen) atoms. The predicted molar refractivity (Wildman–Crippen MR) is 61.7 cm³/mol. The highest BCUT2D eigenvalue weighted by Gasteiger charge is 2.15. The van der Waals surface area contributed by atoms with Gasteiger partial charge in [-0.15, -0.1) is 0 Å². The molecule has 0 unspecified atom stereocenters. The Bertz CT molecular complexity index is 558. The molecule has 0 bridgehead atoms. The first-order valence-corrected chi connectivity index (χ1v) is 4.94. The average Bonchev–Trinajstić information content (AvgIpc) is 2.33. The summed E-state index contributed by atoms with van der Waals surface area (Å²) in [5.74, 6) is -0.542. The van der Waals surface area contributed by atoms with Crippen LogP contribution in [0.3, 0.4) is 0 Å². The number of benzene rings is 2. The molecule has 0 aliphatic heterocycles. The Morgan fingerprint density at radius 1 is 1.25 bits per heavy atom. The van der Waals surface area contributed by atoms with Crippen molar-refractivity contribution in [3.8, 4) is 5.75 Å². The third-order valence-electron chi connectivity index (χ3n) is 2.63. The van der Waals surface area contributed by atoms with E-state index in [1.165, 1.54) is 7.11 Å². The van der Waals surface area contributed by atoms with Gasteiger partial charge in [-0.25, -0.2) is 4.79 Å². The highest BCUT2D eigenvalue weighted by molar-refractivity contribution is 6.02. The molecule has 0 aromatic heterocycles. The second-order valence-corrected chi connectivity index (χ2v) is 3.63. The van der Waals surface area contributed by atoms with Crippen molar-refractivity contribution >= 4 is 16.7 Å². The summed E-state index contributed by atoms with van der Waals surface area (Å²) in [6.07, 6.45) is 0. The molecule has 0 aliphatic rings. The number of hydrogen-bond acceptors (Lipinski definition) is 3. The second kappa shape index (κ2) is 3.85. The maximum absolute atomic E-state index is 11.4. The van der Waals surface area contributed by atoms with Crippen LogP contribution < -0.4 is 0 Å². The van der Waals surface area contributed by atoms with Crippen molar-refractivity contribution in [2.45, 2.75) is 6.92 Å². The summed E-state index contributed by atoms with van der Waals surface area (Å²) in [5, 5.41) is 11.6. The summed E-state index contributed by atoms with van der Waals surface area (Å²) in [5.41, 5.74) is 1.15. The predicted octanol–water partition coefficient (Wildman–Crippen LogP) is 2.64. The zero-order valence-electron chi connectivity index (χ0n) is 9.15. The van der Waals surface area contributed by atoms with Gasteiger partial charge in [0.2, 0.25) is 0 Å². The van der Waals surface area contributed by atoms with Crippen molar-refractivity contribution in [3.63, 3.8) is 0 Å². The lowest BCUT2D eigenvalue weighted by Gasteiger charge is -2.08. The van der Waals surface area contributed by atoms with E-state index in [1.807, 2.05) is 25.1 Å². The van der Waals surface area contributed by atoms with E-state index in [4.69, 9.17) is 0 Å². The first-order chi connectivity index (χ1) is 7.65. The topological polar surface area (TPSA) is 46.5 Å². The van der Waals surface area contributed by atoms with Gasteiger partial charge in [-0.05, 0) is 23.9 Å². The molecule has 0 fully saturated rings. The third kappa shape index (κ3) is 1.50. The average molecular weight is 216 g/mol. The van der Waals surface area contributed by atoms with Crippen LogP contribution in [0.15, 0.2) is 30.3 Å². The molecule has 0 saturated carbocycles. The van der Waals surface area contributed by atoms with E-state index in [2.05, 4.69) is 4.74 Å². The molecular formula is C13H12O3. The van der Waals surface area contributed by atoms with Crippen LogP contribution in [0, 0.1) is 6.92 Å². The number of phenolic OH excluding ortho intramolecular Hbond substituents is 1. The van der Waals surface area contributed by atoms with Gasteiger partial charge in [0, 0.05) is 5.39 Å². The standard InChI is InChI=1S/C13H12O3/c1-8-7-11(13(15)16-2)12(14)10-6-4-3-5-9(8)10/h3-7,14H,1-2H3. The summed E-state index contributed by atoms with van der Waals surface area (Å²) >= 11 is 0. The first-order valence-electron chi connectivity index (χ1n) is 4.94. The molecule has 0 spiro atoms. The lowest BCUT2D eigenvalue weighted by molar-refractivity contribution is 0.0597. The molecule has 0 saturated heterocycles. The van der Waals surface area contributed by atoms with Gasteiger partial charge < -0.3 is 9.84 Å². The fraction of sp³-hybridized carbons (Fsp3) is 0.154. The first kappa shape index (κ1) is 10.5. The summed E-state index contributed by atoms with van der Waals surface area (Å²) < 4.78 is 4.62. The number of ether oxygens (including phenoxy) is 1. The molecule has 0 aliphatic carbocycles. The fourth-order valence-corrected chi connectivity index (χ4v) is 1.81. The molecule has 0 radical (unpaired) electrons. The Balaban J connectivity index is 2.80. The van der Waals surface area contributed by atoms with E-state index < -0.39 is 5.97 Å². The van der Waals surface area contributed by atoms with Gasteiger partial charge in [-0.2, -0.15) is 0 Å². The monoisotopic (exact) mass is 216 g/mol. The smallest absolute Gasteiger partial charge is 0.341 e. The minimum atomic E-state index is -0.522. The highest BCUT2D eigenvalue weighted by Crippen LogP contribution is 2.31. The van der Waals surface area contributed by atoms with Gasteiger partial charge in [0.25, 0.3) is 0 Å². The van der Waals surface area contributed by atoms with Crippen LogP contribution in [0.5, 0.6) is 5.75 Å². The number of methoxy groups -OCH3 is 1. The minimum Gasteiger partial charge on any atom is -0.506 e. The summed E-state index contributed by atoms with van der Waals surface area (Å²) in [4.78, 5) is 11.4. The number of esters is 1. The molecule has 0 heterocycles. The van der Waals surface area contributed by atoms with E-state index in [-0.39, 0.29) is 11.3 Å². The number of phenols is 1. The zero-order chi connectivity index (χ0) is 11.7. The molecule has 3 nitrogen and oxygen atoms in total. The van der Waals surface area contributed by atoms with Crippen LogP contribution in [-0.4, -0.2) is 18.2 Å². The molecule has 0 amide bonds. The van der Waals surface area contributed by atoms with Gasteiger partial charge >= 0.3 is 5.97 Å². The van der Waals surface area contributed by atoms with Crippen molar-refractivity contribution in [1.82, 2.24) is 0 Å². The van der Waals surface area contributed by atoms with Crippen molar-refractivity contribution < 1.29 is 14.6 Å². The zero-order valence-corrected chi connectivity index (χ0v) is 9.15. The van der Waals surface area contributed by atoms with Gasteiger partial charge in [0.15, 0.2) is 0 Å². The van der Waals surface area contributed by atoms with Crippen molar-refractivity contribution in [3.05, 3.63) is 41.5 Å². The molecular weight excluding hydrogens is 204 g/mol. The Labute approximate surface area is 93.3 Å². The molecule has 82 valence electrons. The lowest BCUT2D eigenvalue weighted by Crippen LogP contribution is -2.02. The normalized spacial score (nSPS) is 10.4. The molecule has 0 atom stereocenters. The maximum atomic E-state index is 11.4. The van der Waals surface area contributed by atoms with Crippen LogP contribution in [0.4, 0.5) is 0 Å². The number of carbonyl (C=O) groups excluding carboxylic acids is 1. The number of aryl methyl sites for hydroxylation is 1. The molecule has 2 aromatic carbocycles. The van der Waals surface area contributed by atoms with E-state index in [1.54, 1.807) is 12.1 Å². The van der Waals surface area contributed by atoms with Crippen LogP contribution >= 0.6 is 0 Å². The second-order valence-electron chi connectivity index (χ2n) is 3.63. The largest absolute Gasteiger partial charge is 0.506 e. The van der Waals surface area contributed by atoms with Crippen molar-refractivity contribution in [2.24, 2.45) is 0 Å². The molecule has 2 rings (SSSR count). The summed E-state index contributed by atoms with van der Waals surface area (Å²) in [6, 6.07) is 9.05. The van der Waals surface area contributed by atoms with Crippen molar-refractivity contribution in [1.29, 1.82) is 0 Å². The number of fused-ring (bicyclic) bond motifs is 1. The molecule has 2 aromatic rings. The van der Waals surface area contributed by atoms with E-state index in [0.717, 1.165) is 10.9 Å². The van der Waals surface area contributed by atoms with Crippen molar-refractivity contribution in [2.75, 3.05) is 7.11 Å². The fourth-order valence-electron chi connectivity index (χ4n) is 1.81. The number of hydrogen-bond donors (Lipinski definition) is 1. The summed E-state index contributed by atoms with van der Waals surface area (Å²) in [7, 11) is 1.30. The quantitative estimate of drug-likeness (QED) is 0.745. The van der Waals surface area contributed by atoms with E-state index in [9.17, 15) is 9.90 Å². The van der Waals surface area contributed by atoms with Crippen LogP contribution in [-0.2, 0) is 4.74 Å². The third-order valence-corrected chi connectivity index (χ3v) is 2.63. The number of rotatable bonds is 1. The Kier molecular flexibility index (Phi) is 2.52. The van der Waals surface area contributed by atoms with Crippen LogP contribution in [0.1, 0.15) is 15.9 Å². The van der Waals surface area contributed by atoms with Crippen LogP contribution in [0.2, 0.25) is 0 Å². The Hall–Kier alpha value is -2.03. The maximum Gasteiger partial charge on any atom is 0.341 e. The van der Waals surface area contributed by atoms with Gasteiger partial charge in [-0.3, -0.25) is 0 Å². The van der Waals surface area contributed by atoms with Crippen LogP contribution in [0.25, 0.3) is 10.8 Å².